The highest BCUT2D eigenvalue weighted by molar-refractivity contribution is 5.80. The molecule has 5 heteroatoms. The van der Waals surface area contributed by atoms with Crippen LogP contribution in [0.15, 0.2) is 18.2 Å². The highest BCUT2D eigenvalue weighted by Gasteiger charge is 2.38. The van der Waals surface area contributed by atoms with Gasteiger partial charge in [-0.1, -0.05) is 17.7 Å². The minimum absolute atomic E-state index is 0.0404. The van der Waals surface area contributed by atoms with Crippen molar-refractivity contribution in [2.45, 2.75) is 25.4 Å². The molecule has 1 aliphatic rings. The van der Waals surface area contributed by atoms with Crippen LogP contribution in [0.5, 0.6) is 5.75 Å². The van der Waals surface area contributed by atoms with Crippen molar-refractivity contribution in [1.29, 1.82) is 0 Å². The van der Waals surface area contributed by atoms with Gasteiger partial charge in [-0.15, -0.1) is 0 Å². The maximum atomic E-state index is 12.5. The Kier molecular flexibility index (Phi) is 5.08. The number of rotatable bonds is 5. The number of hydrogen-bond donors (Lipinski definition) is 1. The molecule has 122 valence electrons. The minimum atomic E-state index is -0.796. The van der Waals surface area contributed by atoms with E-state index in [4.69, 9.17) is 4.74 Å². The van der Waals surface area contributed by atoms with E-state index in [0.717, 1.165) is 16.9 Å². The fourth-order valence-electron chi connectivity index (χ4n) is 3.11. The highest BCUT2D eigenvalue weighted by Crippen LogP contribution is 2.25. The van der Waals surface area contributed by atoms with Crippen LogP contribution in [-0.4, -0.2) is 67.3 Å². The number of ether oxygens (including phenoxy) is 1. The van der Waals surface area contributed by atoms with Gasteiger partial charge >= 0.3 is 0 Å². The molecule has 1 aromatic rings. The van der Waals surface area contributed by atoms with E-state index in [2.05, 4.69) is 0 Å². The smallest absolute Gasteiger partial charge is 0.227 e. The van der Waals surface area contributed by atoms with Gasteiger partial charge in [0.2, 0.25) is 5.91 Å². The minimum Gasteiger partial charge on any atom is -0.496 e. The van der Waals surface area contributed by atoms with Crippen molar-refractivity contribution in [3.8, 4) is 5.75 Å². The molecule has 22 heavy (non-hydrogen) atoms. The number of nitrogens with zero attached hydrogens (tertiary/aromatic N) is 2. The molecule has 0 aliphatic carbocycles. The average molecular weight is 306 g/mol. The van der Waals surface area contributed by atoms with E-state index in [0.29, 0.717) is 32.5 Å². The largest absolute Gasteiger partial charge is 0.496 e. The lowest BCUT2D eigenvalue weighted by atomic mass is 10.0. The van der Waals surface area contributed by atoms with Gasteiger partial charge in [-0.2, -0.15) is 0 Å². The predicted molar refractivity (Wildman–Crippen MR) is 86.1 cm³/mol. The van der Waals surface area contributed by atoms with Gasteiger partial charge in [0.25, 0.3) is 0 Å². The molecule has 1 fully saturated rings. The molecular formula is C17H26N2O3. The van der Waals surface area contributed by atoms with E-state index < -0.39 is 5.60 Å². The lowest BCUT2D eigenvalue weighted by Crippen LogP contribution is -2.43. The summed E-state index contributed by atoms with van der Waals surface area (Å²) in [5, 5.41) is 10.5. The van der Waals surface area contributed by atoms with Crippen LogP contribution >= 0.6 is 0 Å². The van der Waals surface area contributed by atoms with Gasteiger partial charge in [0.05, 0.1) is 25.7 Å². The Bertz CT molecular complexity index is 545. The van der Waals surface area contributed by atoms with Gasteiger partial charge < -0.3 is 19.6 Å². The van der Waals surface area contributed by atoms with Crippen molar-refractivity contribution in [3.63, 3.8) is 0 Å². The summed E-state index contributed by atoms with van der Waals surface area (Å²) in [7, 11) is 5.48. The number of benzene rings is 1. The van der Waals surface area contributed by atoms with Crippen molar-refractivity contribution in [2.24, 2.45) is 0 Å². The summed E-state index contributed by atoms with van der Waals surface area (Å²) >= 11 is 0. The van der Waals surface area contributed by atoms with E-state index in [9.17, 15) is 9.90 Å². The van der Waals surface area contributed by atoms with Gasteiger partial charge in [-0.05, 0) is 33.5 Å². The number of carbonyl (C=O) groups excluding carboxylic acids is 1. The van der Waals surface area contributed by atoms with Crippen molar-refractivity contribution in [2.75, 3.05) is 40.8 Å². The molecule has 0 radical (unpaired) electrons. The Morgan fingerprint density at radius 3 is 2.82 bits per heavy atom. The van der Waals surface area contributed by atoms with E-state index in [1.807, 2.05) is 44.1 Å². The summed E-state index contributed by atoms with van der Waals surface area (Å²) in [6.45, 7) is 3.58. The molecule has 1 heterocycles. The van der Waals surface area contributed by atoms with E-state index in [1.54, 1.807) is 12.0 Å². The average Bonchev–Trinajstić information content (AvgIpc) is 2.80. The van der Waals surface area contributed by atoms with Crippen molar-refractivity contribution in [3.05, 3.63) is 29.3 Å². The van der Waals surface area contributed by atoms with Gasteiger partial charge in [0.1, 0.15) is 5.75 Å². The van der Waals surface area contributed by atoms with Crippen LogP contribution < -0.4 is 4.74 Å². The summed E-state index contributed by atoms with van der Waals surface area (Å²) < 4.78 is 5.33. The number of likely N-dealkylation sites (N-methyl/N-ethyl adjacent to an activating group) is 1. The first kappa shape index (κ1) is 16.8. The van der Waals surface area contributed by atoms with E-state index in [1.165, 1.54) is 0 Å². The zero-order valence-corrected chi connectivity index (χ0v) is 13.9. The third-order valence-corrected chi connectivity index (χ3v) is 4.07. The molecule has 1 aromatic carbocycles. The molecule has 0 saturated carbocycles. The molecule has 1 aliphatic heterocycles. The second-order valence-corrected chi connectivity index (χ2v) is 6.52. The molecule has 0 bridgehead atoms. The molecule has 1 atom stereocenters. The first-order chi connectivity index (χ1) is 10.3. The quantitative estimate of drug-likeness (QED) is 0.884. The molecule has 1 N–H and O–H groups in total. The second-order valence-electron chi connectivity index (χ2n) is 6.52. The maximum Gasteiger partial charge on any atom is 0.227 e. The van der Waals surface area contributed by atoms with Gasteiger partial charge in [-0.3, -0.25) is 4.79 Å². The number of methoxy groups -OCH3 is 1. The highest BCUT2D eigenvalue weighted by atomic mass is 16.5. The van der Waals surface area contributed by atoms with Crippen molar-refractivity contribution >= 4 is 5.91 Å². The number of aryl methyl sites for hydroxylation is 1. The summed E-state index contributed by atoms with van der Waals surface area (Å²) in [4.78, 5) is 16.2. The molecule has 5 nitrogen and oxygen atoms in total. The number of β-amino-alcohol motifs (C(OH)–C–C–N with tert-alkyl or cyclic N) is 1. The van der Waals surface area contributed by atoms with Gasteiger partial charge in [-0.25, -0.2) is 0 Å². The molecule has 0 spiro atoms. The maximum absolute atomic E-state index is 12.5. The van der Waals surface area contributed by atoms with Crippen LogP contribution in [-0.2, 0) is 11.2 Å². The normalized spacial score (nSPS) is 21.5. The zero-order chi connectivity index (χ0) is 16.3. The standard InChI is InChI=1S/C17H26N2O3/c1-13-5-6-15(22-4)14(9-13)10-16(20)19-8-7-17(21,12-19)11-18(2)3/h5-6,9,21H,7-8,10-12H2,1-4H3/t17-/m0/s1. The monoisotopic (exact) mass is 306 g/mol. The Morgan fingerprint density at radius 2 is 2.18 bits per heavy atom. The number of carbonyl (C=O) groups is 1. The summed E-state index contributed by atoms with van der Waals surface area (Å²) in [6.07, 6.45) is 0.935. The topological polar surface area (TPSA) is 53.0 Å². The fourth-order valence-corrected chi connectivity index (χ4v) is 3.11. The van der Waals surface area contributed by atoms with Gasteiger partial charge in [0.15, 0.2) is 0 Å². The van der Waals surface area contributed by atoms with Crippen LogP contribution in [0.4, 0.5) is 0 Å². The van der Waals surface area contributed by atoms with Crippen LogP contribution in [0.3, 0.4) is 0 Å². The van der Waals surface area contributed by atoms with Crippen LogP contribution in [0, 0.1) is 6.92 Å². The Hall–Kier alpha value is -1.59. The Balaban J connectivity index is 2.03. The number of aliphatic hydroxyl groups is 1. The number of amides is 1. The molecule has 1 amide bonds. The summed E-state index contributed by atoms with van der Waals surface area (Å²) in [6, 6.07) is 5.85. The SMILES string of the molecule is COc1ccc(C)cc1CC(=O)N1CC[C@](O)(CN(C)C)C1. The number of likely N-dealkylation sites (tertiary alicyclic amines) is 1. The molecule has 2 rings (SSSR count). The van der Waals surface area contributed by atoms with Crippen LogP contribution in [0.25, 0.3) is 0 Å². The third-order valence-electron chi connectivity index (χ3n) is 4.07. The zero-order valence-electron chi connectivity index (χ0n) is 13.9. The summed E-state index contributed by atoms with van der Waals surface area (Å²) in [5.41, 5.74) is 1.21. The predicted octanol–water partition coefficient (Wildman–Crippen LogP) is 1.07. The molecular weight excluding hydrogens is 280 g/mol. The first-order valence-corrected chi connectivity index (χ1v) is 7.61. The van der Waals surface area contributed by atoms with E-state index in [-0.39, 0.29) is 5.91 Å². The van der Waals surface area contributed by atoms with Gasteiger partial charge in [0, 0.05) is 18.7 Å². The summed E-state index contributed by atoms with van der Waals surface area (Å²) in [5.74, 6) is 0.778. The molecule has 0 aromatic heterocycles. The fraction of sp³-hybridized carbons (Fsp3) is 0.588. The van der Waals surface area contributed by atoms with Crippen molar-refractivity contribution < 1.29 is 14.6 Å². The van der Waals surface area contributed by atoms with Crippen molar-refractivity contribution in [1.82, 2.24) is 9.80 Å². The Labute approximate surface area is 132 Å². The third kappa shape index (κ3) is 3.99. The number of hydrogen-bond acceptors (Lipinski definition) is 4. The Morgan fingerprint density at radius 1 is 1.45 bits per heavy atom. The van der Waals surface area contributed by atoms with E-state index >= 15 is 0 Å². The lowest BCUT2D eigenvalue weighted by molar-refractivity contribution is -0.130. The van der Waals surface area contributed by atoms with Crippen LogP contribution in [0.2, 0.25) is 0 Å². The lowest BCUT2D eigenvalue weighted by Gasteiger charge is -2.26. The van der Waals surface area contributed by atoms with Crippen LogP contribution in [0.1, 0.15) is 17.5 Å². The molecule has 0 unspecified atom stereocenters. The second kappa shape index (κ2) is 6.67. The molecule has 1 saturated heterocycles. The first-order valence-electron chi connectivity index (χ1n) is 7.61.